The smallest absolute Gasteiger partial charge is 0.0702 e. The van der Waals surface area contributed by atoms with Gasteiger partial charge < -0.3 is 4.57 Å². The molecule has 0 unspecified atom stereocenters. The zero-order chi connectivity index (χ0) is 25.5. The van der Waals surface area contributed by atoms with Crippen molar-refractivity contribution in [3.8, 4) is 39.3 Å². The minimum absolute atomic E-state index is 0.944. The van der Waals surface area contributed by atoms with Crippen LogP contribution in [0.3, 0.4) is 0 Å². The van der Waals surface area contributed by atoms with Gasteiger partial charge >= 0.3 is 0 Å². The first kappa shape index (κ1) is 22.6. The molecule has 0 spiro atoms. The highest BCUT2D eigenvalue weighted by atomic mass is 79.9. The molecule has 0 radical (unpaired) electrons. The number of fused-ring (bicyclic) bond motifs is 3. The standard InChI is InChI=1S/C34H22BrN3/c35-27-13-16-30-29-7-1-2-10-33(29)38(34(30)22-27)28-14-11-23(12-15-28)24-19-25(31-8-3-5-17-36-31)21-26(20-24)32-9-4-6-18-37-32/h1-22H. The topological polar surface area (TPSA) is 30.7 Å². The summed E-state index contributed by atoms with van der Waals surface area (Å²) >= 11 is 3.67. The summed E-state index contributed by atoms with van der Waals surface area (Å²) in [5.74, 6) is 0. The molecule has 7 aromatic rings. The van der Waals surface area contributed by atoms with Crippen molar-refractivity contribution >= 4 is 37.7 Å². The molecule has 3 heterocycles. The molecule has 180 valence electrons. The second-order valence-electron chi connectivity index (χ2n) is 9.29. The van der Waals surface area contributed by atoms with Gasteiger partial charge in [0.15, 0.2) is 0 Å². The van der Waals surface area contributed by atoms with Gasteiger partial charge in [-0.2, -0.15) is 0 Å². The number of aromatic nitrogens is 3. The molecule has 0 N–H and O–H groups in total. The van der Waals surface area contributed by atoms with Crippen LogP contribution in [0.1, 0.15) is 0 Å². The van der Waals surface area contributed by atoms with E-state index >= 15 is 0 Å². The predicted molar refractivity (Wildman–Crippen MR) is 160 cm³/mol. The third kappa shape index (κ3) is 4.00. The van der Waals surface area contributed by atoms with Gasteiger partial charge in [-0.25, -0.2) is 0 Å². The van der Waals surface area contributed by atoms with E-state index in [1.807, 2.05) is 48.8 Å². The molecule has 0 aliphatic rings. The van der Waals surface area contributed by atoms with E-state index in [1.165, 1.54) is 21.8 Å². The lowest BCUT2D eigenvalue weighted by molar-refractivity contribution is 1.18. The molecular formula is C34H22BrN3. The van der Waals surface area contributed by atoms with Crippen molar-refractivity contribution < 1.29 is 0 Å². The number of halogens is 1. The maximum atomic E-state index is 4.60. The van der Waals surface area contributed by atoms with Gasteiger partial charge in [0.1, 0.15) is 0 Å². The SMILES string of the molecule is Brc1ccc2c3ccccc3n(-c3ccc(-c4cc(-c5ccccn5)cc(-c5ccccn5)c4)cc3)c2c1. The van der Waals surface area contributed by atoms with Gasteiger partial charge in [0.25, 0.3) is 0 Å². The maximum absolute atomic E-state index is 4.60. The molecule has 0 atom stereocenters. The zero-order valence-electron chi connectivity index (χ0n) is 20.4. The summed E-state index contributed by atoms with van der Waals surface area (Å²) in [6, 6.07) is 42.5. The second kappa shape index (κ2) is 9.40. The Bertz CT molecular complexity index is 1850. The number of pyridine rings is 2. The summed E-state index contributed by atoms with van der Waals surface area (Å²) in [6.45, 7) is 0. The molecule has 4 aromatic carbocycles. The Kier molecular flexibility index (Phi) is 5.60. The van der Waals surface area contributed by atoms with Gasteiger partial charge in [0.2, 0.25) is 0 Å². The van der Waals surface area contributed by atoms with Gasteiger partial charge in [-0.1, -0.05) is 64.5 Å². The average Bonchev–Trinajstić information content (AvgIpc) is 3.31. The maximum Gasteiger partial charge on any atom is 0.0702 e. The Hall–Kier alpha value is -4.54. The first-order valence-electron chi connectivity index (χ1n) is 12.5. The van der Waals surface area contributed by atoms with E-state index in [0.29, 0.717) is 0 Å². The van der Waals surface area contributed by atoms with Crippen LogP contribution in [0.25, 0.3) is 61.1 Å². The predicted octanol–water partition coefficient (Wildman–Crippen LogP) is 9.34. The van der Waals surface area contributed by atoms with Crippen LogP contribution in [-0.2, 0) is 0 Å². The number of hydrogen-bond donors (Lipinski definition) is 0. The third-order valence-corrected chi connectivity index (χ3v) is 7.44. The molecule has 0 bridgehead atoms. The Morgan fingerprint density at radius 2 is 1.08 bits per heavy atom. The van der Waals surface area contributed by atoms with Crippen molar-refractivity contribution in [3.63, 3.8) is 0 Å². The highest BCUT2D eigenvalue weighted by molar-refractivity contribution is 9.10. The summed E-state index contributed by atoms with van der Waals surface area (Å²) in [4.78, 5) is 9.21. The number of hydrogen-bond acceptors (Lipinski definition) is 2. The van der Waals surface area contributed by atoms with Crippen molar-refractivity contribution in [1.82, 2.24) is 14.5 Å². The van der Waals surface area contributed by atoms with E-state index in [1.54, 1.807) is 0 Å². The molecule has 3 nitrogen and oxygen atoms in total. The van der Waals surface area contributed by atoms with Crippen LogP contribution in [0.4, 0.5) is 0 Å². The lowest BCUT2D eigenvalue weighted by Gasteiger charge is -2.12. The lowest BCUT2D eigenvalue weighted by atomic mass is 9.96. The first-order valence-corrected chi connectivity index (χ1v) is 13.3. The molecule has 0 fully saturated rings. The van der Waals surface area contributed by atoms with Gasteiger partial charge in [0, 0.05) is 44.5 Å². The Morgan fingerprint density at radius 1 is 0.474 bits per heavy atom. The van der Waals surface area contributed by atoms with E-state index in [4.69, 9.17) is 0 Å². The average molecular weight is 552 g/mol. The molecule has 38 heavy (non-hydrogen) atoms. The molecule has 3 aromatic heterocycles. The molecule has 0 amide bonds. The Morgan fingerprint density at radius 3 is 1.74 bits per heavy atom. The molecular weight excluding hydrogens is 530 g/mol. The van der Waals surface area contributed by atoms with Crippen molar-refractivity contribution in [1.29, 1.82) is 0 Å². The van der Waals surface area contributed by atoms with E-state index < -0.39 is 0 Å². The summed E-state index contributed by atoms with van der Waals surface area (Å²) in [5.41, 5.74) is 9.81. The third-order valence-electron chi connectivity index (χ3n) is 6.95. The van der Waals surface area contributed by atoms with E-state index in [0.717, 1.165) is 43.8 Å². The van der Waals surface area contributed by atoms with E-state index in [-0.39, 0.29) is 0 Å². The van der Waals surface area contributed by atoms with Crippen LogP contribution in [0.2, 0.25) is 0 Å². The Labute approximate surface area is 229 Å². The van der Waals surface area contributed by atoms with Crippen LogP contribution in [-0.4, -0.2) is 14.5 Å². The fourth-order valence-corrected chi connectivity index (χ4v) is 5.53. The monoisotopic (exact) mass is 551 g/mol. The fraction of sp³-hybridized carbons (Fsp3) is 0. The van der Waals surface area contributed by atoms with Crippen LogP contribution in [0.15, 0.2) is 138 Å². The van der Waals surface area contributed by atoms with Gasteiger partial charge in [-0.3, -0.25) is 9.97 Å². The van der Waals surface area contributed by atoms with Gasteiger partial charge in [-0.15, -0.1) is 0 Å². The van der Waals surface area contributed by atoms with Crippen LogP contribution in [0, 0.1) is 0 Å². The highest BCUT2D eigenvalue weighted by Crippen LogP contribution is 2.35. The minimum Gasteiger partial charge on any atom is -0.309 e. The fourth-order valence-electron chi connectivity index (χ4n) is 5.18. The lowest BCUT2D eigenvalue weighted by Crippen LogP contribution is -1.94. The highest BCUT2D eigenvalue weighted by Gasteiger charge is 2.13. The molecule has 7 rings (SSSR count). The Balaban J connectivity index is 1.37. The van der Waals surface area contributed by atoms with Crippen molar-refractivity contribution in [3.05, 3.63) is 138 Å². The van der Waals surface area contributed by atoms with E-state index in [9.17, 15) is 0 Å². The summed E-state index contributed by atoms with van der Waals surface area (Å²) in [5, 5.41) is 2.50. The number of nitrogens with zero attached hydrogens (tertiary/aromatic N) is 3. The first-order chi connectivity index (χ1) is 18.7. The number of rotatable bonds is 4. The largest absolute Gasteiger partial charge is 0.309 e. The van der Waals surface area contributed by atoms with Gasteiger partial charge in [-0.05, 0) is 83.9 Å². The van der Waals surface area contributed by atoms with Crippen LogP contribution >= 0.6 is 15.9 Å². The number of benzene rings is 4. The second-order valence-corrected chi connectivity index (χ2v) is 10.2. The summed E-state index contributed by atoms with van der Waals surface area (Å²) < 4.78 is 3.40. The van der Waals surface area contributed by atoms with Crippen LogP contribution in [0.5, 0.6) is 0 Å². The summed E-state index contributed by atoms with van der Waals surface area (Å²) in [7, 11) is 0. The zero-order valence-corrected chi connectivity index (χ0v) is 22.0. The van der Waals surface area contributed by atoms with Crippen LogP contribution < -0.4 is 0 Å². The molecule has 0 aliphatic carbocycles. The quantitative estimate of drug-likeness (QED) is 0.218. The van der Waals surface area contributed by atoms with Crippen molar-refractivity contribution in [2.24, 2.45) is 0 Å². The summed E-state index contributed by atoms with van der Waals surface area (Å²) in [6.07, 6.45) is 3.67. The van der Waals surface area contributed by atoms with Crippen molar-refractivity contribution in [2.45, 2.75) is 0 Å². The van der Waals surface area contributed by atoms with E-state index in [2.05, 4.69) is 115 Å². The molecule has 0 saturated heterocycles. The number of para-hydroxylation sites is 1. The van der Waals surface area contributed by atoms with Crippen molar-refractivity contribution in [2.75, 3.05) is 0 Å². The molecule has 4 heteroatoms. The minimum atomic E-state index is 0.944. The molecule has 0 saturated carbocycles. The normalized spacial score (nSPS) is 11.3. The molecule has 0 aliphatic heterocycles. The van der Waals surface area contributed by atoms with Gasteiger partial charge in [0.05, 0.1) is 22.4 Å².